The lowest BCUT2D eigenvalue weighted by atomic mass is 10.2. The van der Waals surface area contributed by atoms with Gasteiger partial charge in [0.2, 0.25) is 5.88 Å². The predicted octanol–water partition coefficient (Wildman–Crippen LogP) is 3.92. The van der Waals surface area contributed by atoms with Crippen molar-refractivity contribution in [3.8, 4) is 11.6 Å². The highest BCUT2D eigenvalue weighted by molar-refractivity contribution is 5.82. The quantitative estimate of drug-likeness (QED) is 0.701. The number of aromatic nitrogens is 1. The highest BCUT2D eigenvalue weighted by atomic mass is 16.5. The Hall–Kier alpha value is -2.55. The van der Waals surface area contributed by atoms with Gasteiger partial charge in [-0.05, 0) is 42.8 Å². The smallest absolute Gasteiger partial charge is 0.219 e. The lowest BCUT2D eigenvalue weighted by Gasteiger charge is -2.08. The molecular weight excluding hydrogens is 236 g/mol. The Morgan fingerprint density at radius 2 is 1.84 bits per heavy atom. The highest BCUT2D eigenvalue weighted by Crippen LogP contribution is 2.25. The van der Waals surface area contributed by atoms with Crippen molar-refractivity contribution >= 4 is 16.6 Å². The van der Waals surface area contributed by atoms with Crippen LogP contribution in [0.2, 0.25) is 0 Å². The number of hydrogen-bond donors (Lipinski definition) is 1. The standard InChI is InChI=1S/C16H14N2O/c1-11-4-2-3-5-15(11)19-16-9-6-12-10-13(17)7-8-14(12)18-16/h2-10H,17H2,1H3. The molecule has 0 bridgehead atoms. The molecule has 3 rings (SSSR count). The summed E-state index contributed by atoms with van der Waals surface area (Å²) in [4.78, 5) is 4.47. The fourth-order valence-electron chi connectivity index (χ4n) is 1.97. The minimum Gasteiger partial charge on any atom is -0.439 e. The van der Waals surface area contributed by atoms with E-state index in [4.69, 9.17) is 10.5 Å². The van der Waals surface area contributed by atoms with Crippen LogP contribution in [0.15, 0.2) is 54.6 Å². The molecule has 2 aromatic carbocycles. The molecule has 0 aliphatic rings. The summed E-state index contributed by atoms with van der Waals surface area (Å²) < 4.78 is 5.81. The largest absolute Gasteiger partial charge is 0.439 e. The van der Waals surface area contributed by atoms with Crippen molar-refractivity contribution in [3.63, 3.8) is 0 Å². The van der Waals surface area contributed by atoms with Gasteiger partial charge in [-0.25, -0.2) is 4.98 Å². The zero-order valence-corrected chi connectivity index (χ0v) is 10.6. The van der Waals surface area contributed by atoms with Crippen LogP contribution in [-0.4, -0.2) is 4.98 Å². The van der Waals surface area contributed by atoms with Gasteiger partial charge in [0.15, 0.2) is 0 Å². The summed E-state index contributed by atoms with van der Waals surface area (Å²) in [7, 11) is 0. The Bertz CT molecular complexity index is 738. The van der Waals surface area contributed by atoms with E-state index in [0.717, 1.165) is 27.9 Å². The molecule has 0 saturated carbocycles. The monoisotopic (exact) mass is 250 g/mol. The number of fused-ring (bicyclic) bond motifs is 1. The molecule has 0 aliphatic heterocycles. The molecule has 19 heavy (non-hydrogen) atoms. The van der Waals surface area contributed by atoms with Crippen LogP contribution >= 0.6 is 0 Å². The summed E-state index contributed by atoms with van der Waals surface area (Å²) in [6.45, 7) is 2.01. The Morgan fingerprint density at radius 3 is 2.68 bits per heavy atom. The molecule has 1 heterocycles. The summed E-state index contributed by atoms with van der Waals surface area (Å²) in [5.74, 6) is 1.41. The summed E-state index contributed by atoms with van der Waals surface area (Å²) in [6, 6.07) is 17.3. The predicted molar refractivity (Wildman–Crippen MR) is 77.4 cm³/mol. The van der Waals surface area contributed by atoms with Gasteiger partial charge >= 0.3 is 0 Å². The first-order valence-electron chi connectivity index (χ1n) is 6.12. The highest BCUT2D eigenvalue weighted by Gasteiger charge is 2.03. The second-order valence-electron chi connectivity index (χ2n) is 4.47. The zero-order chi connectivity index (χ0) is 13.2. The number of benzene rings is 2. The van der Waals surface area contributed by atoms with Crippen LogP contribution in [0.3, 0.4) is 0 Å². The van der Waals surface area contributed by atoms with E-state index >= 15 is 0 Å². The summed E-state index contributed by atoms with van der Waals surface area (Å²) in [5.41, 5.74) is 8.44. The molecule has 3 aromatic rings. The van der Waals surface area contributed by atoms with Gasteiger partial charge in [-0.3, -0.25) is 0 Å². The first-order valence-corrected chi connectivity index (χ1v) is 6.12. The van der Waals surface area contributed by atoms with Crippen molar-refractivity contribution in [2.75, 3.05) is 5.73 Å². The number of pyridine rings is 1. The third-order valence-electron chi connectivity index (χ3n) is 3.00. The first-order chi connectivity index (χ1) is 9.22. The Morgan fingerprint density at radius 1 is 1.00 bits per heavy atom. The molecule has 0 unspecified atom stereocenters. The molecule has 0 atom stereocenters. The maximum atomic E-state index is 5.81. The van der Waals surface area contributed by atoms with Crippen molar-refractivity contribution in [1.29, 1.82) is 0 Å². The maximum absolute atomic E-state index is 5.81. The number of hydrogen-bond acceptors (Lipinski definition) is 3. The maximum Gasteiger partial charge on any atom is 0.219 e. The number of nitrogen functional groups attached to an aromatic ring is 1. The molecule has 94 valence electrons. The van der Waals surface area contributed by atoms with E-state index in [1.54, 1.807) is 0 Å². The molecule has 2 N–H and O–H groups in total. The number of aryl methyl sites for hydroxylation is 1. The van der Waals surface area contributed by atoms with Crippen LogP contribution in [0.5, 0.6) is 11.6 Å². The van der Waals surface area contributed by atoms with Crippen LogP contribution in [0, 0.1) is 6.92 Å². The lowest BCUT2D eigenvalue weighted by Crippen LogP contribution is -1.91. The number of anilines is 1. The molecule has 0 spiro atoms. The molecule has 0 aliphatic carbocycles. The van der Waals surface area contributed by atoms with Crippen LogP contribution in [0.4, 0.5) is 5.69 Å². The number of rotatable bonds is 2. The van der Waals surface area contributed by atoms with Gasteiger partial charge in [-0.2, -0.15) is 0 Å². The van der Waals surface area contributed by atoms with Gasteiger partial charge in [-0.1, -0.05) is 18.2 Å². The minimum atomic E-state index is 0.589. The van der Waals surface area contributed by atoms with Crippen molar-refractivity contribution < 1.29 is 4.74 Å². The van der Waals surface area contributed by atoms with Gasteiger partial charge in [0.25, 0.3) is 0 Å². The Kier molecular flexibility index (Phi) is 2.80. The van der Waals surface area contributed by atoms with Crippen molar-refractivity contribution in [3.05, 3.63) is 60.2 Å². The van der Waals surface area contributed by atoms with Gasteiger partial charge in [0, 0.05) is 17.1 Å². The van der Waals surface area contributed by atoms with Crippen molar-refractivity contribution in [2.45, 2.75) is 6.92 Å². The van der Waals surface area contributed by atoms with Crippen LogP contribution < -0.4 is 10.5 Å². The van der Waals surface area contributed by atoms with Crippen molar-refractivity contribution in [2.24, 2.45) is 0 Å². The van der Waals surface area contributed by atoms with Crippen LogP contribution in [0.1, 0.15) is 5.56 Å². The third-order valence-corrected chi connectivity index (χ3v) is 3.00. The van der Waals surface area contributed by atoms with E-state index in [1.807, 2.05) is 61.5 Å². The average molecular weight is 250 g/mol. The molecule has 0 radical (unpaired) electrons. The van der Waals surface area contributed by atoms with Gasteiger partial charge in [0.1, 0.15) is 5.75 Å². The van der Waals surface area contributed by atoms with E-state index in [1.165, 1.54) is 0 Å². The van der Waals surface area contributed by atoms with E-state index in [-0.39, 0.29) is 0 Å². The summed E-state index contributed by atoms with van der Waals surface area (Å²) in [5, 5.41) is 1.01. The Balaban J connectivity index is 1.98. The SMILES string of the molecule is Cc1ccccc1Oc1ccc2cc(N)ccc2n1. The molecule has 3 heteroatoms. The van der Waals surface area contributed by atoms with Crippen molar-refractivity contribution in [1.82, 2.24) is 4.98 Å². The van der Waals surface area contributed by atoms with Gasteiger partial charge in [0.05, 0.1) is 5.52 Å². The fourth-order valence-corrected chi connectivity index (χ4v) is 1.97. The molecular formula is C16H14N2O. The molecule has 0 saturated heterocycles. The van der Waals surface area contributed by atoms with Crippen LogP contribution in [0.25, 0.3) is 10.9 Å². The van der Waals surface area contributed by atoms with Gasteiger partial charge in [-0.15, -0.1) is 0 Å². The Labute approximate surface area is 111 Å². The molecule has 0 amide bonds. The number of para-hydroxylation sites is 1. The zero-order valence-electron chi connectivity index (χ0n) is 10.6. The van der Waals surface area contributed by atoms with E-state index in [9.17, 15) is 0 Å². The first kappa shape index (κ1) is 11.5. The molecule has 1 aromatic heterocycles. The number of ether oxygens (including phenoxy) is 1. The lowest BCUT2D eigenvalue weighted by molar-refractivity contribution is 0.461. The second kappa shape index (κ2) is 4.61. The third kappa shape index (κ3) is 2.36. The summed E-state index contributed by atoms with van der Waals surface area (Å²) in [6.07, 6.45) is 0. The number of nitrogens with zero attached hydrogens (tertiary/aromatic N) is 1. The van der Waals surface area contributed by atoms with Gasteiger partial charge < -0.3 is 10.5 Å². The van der Waals surface area contributed by atoms with Crippen LogP contribution in [-0.2, 0) is 0 Å². The minimum absolute atomic E-state index is 0.589. The van der Waals surface area contributed by atoms with E-state index < -0.39 is 0 Å². The fraction of sp³-hybridized carbons (Fsp3) is 0.0625. The second-order valence-corrected chi connectivity index (χ2v) is 4.47. The molecule has 3 nitrogen and oxygen atoms in total. The molecule has 0 fully saturated rings. The number of nitrogens with two attached hydrogens (primary N) is 1. The average Bonchev–Trinajstić information content (AvgIpc) is 2.41. The normalized spacial score (nSPS) is 10.6. The summed E-state index contributed by atoms with van der Waals surface area (Å²) >= 11 is 0. The van der Waals surface area contributed by atoms with E-state index in [2.05, 4.69) is 4.98 Å². The topological polar surface area (TPSA) is 48.1 Å². The van der Waals surface area contributed by atoms with E-state index in [0.29, 0.717) is 5.88 Å².